The molecule has 0 fully saturated rings. The van der Waals surface area contributed by atoms with Gasteiger partial charge in [-0.25, -0.2) is 4.39 Å². The smallest absolute Gasteiger partial charge is 0.231 e. The van der Waals surface area contributed by atoms with Gasteiger partial charge in [0, 0.05) is 12.5 Å². The van der Waals surface area contributed by atoms with Gasteiger partial charge >= 0.3 is 0 Å². The summed E-state index contributed by atoms with van der Waals surface area (Å²) >= 11 is 0. The number of ether oxygens (including phenoxy) is 2. The van der Waals surface area contributed by atoms with Crippen molar-refractivity contribution in [1.82, 2.24) is 5.32 Å². The highest BCUT2D eigenvalue weighted by Gasteiger charge is 2.15. The highest BCUT2D eigenvalue weighted by Crippen LogP contribution is 2.32. The summed E-state index contributed by atoms with van der Waals surface area (Å²) in [7, 11) is 0. The third kappa shape index (κ3) is 3.80. The number of hydrogen-bond acceptors (Lipinski definition) is 3. The molecule has 1 aliphatic rings. The van der Waals surface area contributed by atoms with Crippen LogP contribution < -0.4 is 14.8 Å². The molecule has 1 heterocycles. The first kappa shape index (κ1) is 15.3. The number of rotatable bonds is 5. The Kier molecular flexibility index (Phi) is 4.46. The summed E-state index contributed by atoms with van der Waals surface area (Å²) in [5, 5.41) is 2.91. The minimum Gasteiger partial charge on any atom is -0.454 e. The highest BCUT2D eigenvalue weighted by atomic mass is 19.1. The molecule has 1 aliphatic heterocycles. The molecule has 3 rings (SSSR count). The second-order valence-corrected chi connectivity index (χ2v) is 5.64. The summed E-state index contributed by atoms with van der Waals surface area (Å²) in [5.41, 5.74) is 1.90. The number of nitrogens with one attached hydrogen (secondary N) is 1. The zero-order valence-corrected chi connectivity index (χ0v) is 12.8. The Hall–Kier alpha value is -2.56. The van der Waals surface area contributed by atoms with E-state index in [0.29, 0.717) is 18.7 Å². The molecule has 0 radical (unpaired) electrons. The second-order valence-electron chi connectivity index (χ2n) is 5.64. The van der Waals surface area contributed by atoms with Crippen molar-refractivity contribution in [1.29, 1.82) is 0 Å². The van der Waals surface area contributed by atoms with Gasteiger partial charge in [0.15, 0.2) is 11.5 Å². The molecule has 0 aliphatic carbocycles. The second kappa shape index (κ2) is 6.69. The molecule has 2 aromatic carbocycles. The Balaban J connectivity index is 1.53. The van der Waals surface area contributed by atoms with Crippen LogP contribution in [0.15, 0.2) is 42.5 Å². The van der Waals surface area contributed by atoms with Crippen molar-refractivity contribution in [2.24, 2.45) is 5.92 Å². The van der Waals surface area contributed by atoms with Gasteiger partial charge in [-0.3, -0.25) is 4.79 Å². The molecule has 120 valence electrons. The van der Waals surface area contributed by atoms with E-state index in [2.05, 4.69) is 5.32 Å². The fourth-order valence-corrected chi connectivity index (χ4v) is 2.48. The van der Waals surface area contributed by atoms with Crippen molar-refractivity contribution in [3.8, 4) is 11.5 Å². The van der Waals surface area contributed by atoms with Gasteiger partial charge in [0.25, 0.3) is 0 Å². The summed E-state index contributed by atoms with van der Waals surface area (Å²) in [6.07, 6.45) is 0.577. The topological polar surface area (TPSA) is 47.6 Å². The lowest BCUT2D eigenvalue weighted by molar-refractivity contribution is -0.124. The molecule has 1 atom stereocenters. The van der Waals surface area contributed by atoms with E-state index in [1.165, 1.54) is 12.1 Å². The largest absolute Gasteiger partial charge is 0.454 e. The molecule has 0 saturated heterocycles. The fraction of sp³-hybridized carbons (Fsp3) is 0.278. The van der Waals surface area contributed by atoms with Crippen LogP contribution >= 0.6 is 0 Å². The van der Waals surface area contributed by atoms with Gasteiger partial charge in [0.05, 0.1) is 0 Å². The summed E-state index contributed by atoms with van der Waals surface area (Å²) in [6.45, 7) is 2.53. The molecule has 0 saturated carbocycles. The van der Waals surface area contributed by atoms with Crippen LogP contribution in [0, 0.1) is 11.7 Å². The normalized spacial score (nSPS) is 13.7. The Bertz CT molecular complexity index is 700. The molecule has 23 heavy (non-hydrogen) atoms. The van der Waals surface area contributed by atoms with E-state index in [1.54, 1.807) is 12.1 Å². The average molecular weight is 315 g/mol. The average Bonchev–Trinajstić information content (AvgIpc) is 3.02. The molecule has 1 unspecified atom stereocenters. The van der Waals surface area contributed by atoms with Crippen LogP contribution in [0.5, 0.6) is 11.5 Å². The third-order valence-corrected chi connectivity index (χ3v) is 3.81. The van der Waals surface area contributed by atoms with E-state index < -0.39 is 0 Å². The predicted molar refractivity (Wildman–Crippen MR) is 83.7 cm³/mol. The fourth-order valence-electron chi connectivity index (χ4n) is 2.48. The Labute approximate surface area is 134 Å². The number of benzene rings is 2. The first-order valence-electron chi connectivity index (χ1n) is 7.52. The van der Waals surface area contributed by atoms with E-state index in [9.17, 15) is 9.18 Å². The van der Waals surface area contributed by atoms with E-state index in [4.69, 9.17) is 9.47 Å². The van der Waals surface area contributed by atoms with Crippen LogP contribution in [-0.4, -0.2) is 12.7 Å². The molecule has 1 amide bonds. The van der Waals surface area contributed by atoms with Gasteiger partial charge in [-0.05, 0) is 41.8 Å². The van der Waals surface area contributed by atoms with Crippen LogP contribution in [0.2, 0.25) is 0 Å². The van der Waals surface area contributed by atoms with Gasteiger partial charge in [-0.2, -0.15) is 0 Å². The Morgan fingerprint density at radius 2 is 1.83 bits per heavy atom. The van der Waals surface area contributed by atoms with Crippen LogP contribution in [0.4, 0.5) is 4.39 Å². The minimum atomic E-state index is -0.270. The number of carbonyl (C=O) groups excluding carboxylic acids is 1. The van der Waals surface area contributed by atoms with Crippen molar-refractivity contribution in [3.05, 3.63) is 59.4 Å². The minimum absolute atomic E-state index is 0.0352. The Morgan fingerprint density at radius 3 is 2.61 bits per heavy atom. The maximum Gasteiger partial charge on any atom is 0.231 e. The molecule has 0 spiro atoms. The maximum absolute atomic E-state index is 12.9. The van der Waals surface area contributed by atoms with Gasteiger partial charge in [0.1, 0.15) is 5.82 Å². The SMILES string of the molecule is CC(Cc1ccc(F)cc1)C(=O)NCc1ccc2c(c1)OCO2. The number of halogens is 1. The third-order valence-electron chi connectivity index (χ3n) is 3.81. The van der Waals surface area contributed by atoms with E-state index >= 15 is 0 Å². The molecule has 0 bridgehead atoms. The number of fused-ring (bicyclic) bond motifs is 1. The Morgan fingerprint density at radius 1 is 1.13 bits per heavy atom. The molecule has 1 N–H and O–H groups in total. The van der Waals surface area contributed by atoms with Crippen molar-refractivity contribution in [3.63, 3.8) is 0 Å². The van der Waals surface area contributed by atoms with Gasteiger partial charge in [0.2, 0.25) is 12.7 Å². The lowest BCUT2D eigenvalue weighted by Gasteiger charge is -2.12. The van der Waals surface area contributed by atoms with Crippen molar-refractivity contribution < 1.29 is 18.7 Å². The molecular formula is C18H18FNO3. The van der Waals surface area contributed by atoms with Crippen LogP contribution in [0.1, 0.15) is 18.1 Å². The zero-order valence-electron chi connectivity index (χ0n) is 12.8. The van der Waals surface area contributed by atoms with Gasteiger partial charge < -0.3 is 14.8 Å². The predicted octanol–water partition coefficient (Wildman–Crippen LogP) is 3.05. The molecule has 4 nitrogen and oxygen atoms in total. The van der Waals surface area contributed by atoms with E-state index in [0.717, 1.165) is 16.9 Å². The quantitative estimate of drug-likeness (QED) is 0.922. The first-order chi connectivity index (χ1) is 11.1. The number of hydrogen-bond donors (Lipinski definition) is 1. The summed E-state index contributed by atoms with van der Waals surface area (Å²) in [5.74, 6) is 0.941. The standard InChI is InChI=1S/C18H18FNO3/c1-12(8-13-2-5-15(19)6-3-13)18(21)20-10-14-4-7-16-17(9-14)23-11-22-16/h2-7,9,12H,8,10-11H2,1H3,(H,20,21). The summed E-state index contributed by atoms with van der Waals surface area (Å²) in [4.78, 5) is 12.2. The number of carbonyl (C=O) groups is 1. The van der Waals surface area contributed by atoms with Gasteiger partial charge in [-0.15, -0.1) is 0 Å². The highest BCUT2D eigenvalue weighted by molar-refractivity contribution is 5.78. The molecule has 2 aromatic rings. The van der Waals surface area contributed by atoms with Crippen molar-refractivity contribution in [2.75, 3.05) is 6.79 Å². The maximum atomic E-state index is 12.9. The first-order valence-corrected chi connectivity index (χ1v) is 7.52. The summed E-state index contributed by atoms with van der Waals surface area (Å²) in [6, 6.07) is 11.8. The van der Waals surface area contributed by atoms with Crippen LogP contribution in [0.25, 0.3) is 0 Å². The van der Waals surface area contributed by atoms with Crippen molar-refractivity contribution in [2.45, 2.75) is 19.9 Å². The van der Waals surface area contributed by atoms with Crippen LogP contribution in [-0.2, 0) is 17.8 Å². The molecular weight excluding hydrogens is 297 g/mol. The zero-order chi connectivity index (χ0) is 16.2. The molecule has 5 heteroatoms. The summed E-state index contributed by atoms with van der Waals surface area (Å²) < 4.78 is 23.5. The van der Waals surface area contributed by atoms with E-state index in [-0.39, 0.29) is 24.4 Å². The lowest BCUT2D eigenvalue weighted by Crippen LogP contribution is -2.29. The number of amides is 1. The monoisotopic (exact) mass is 315 g/mol. The van der Waals surface area contributed by atoms with Crippen molar-refractivity contribution >= 4 is 5.91 Å². The molecule has 0 aromatic heterocycles. The van der Waals surface area contributed by atoms with Gasteiger partial charge in [-0.1, -0.05) is 25.1 Å². The van der Waals surface area contributed by atoms with E-state index in [1.807, 2.05) is 25.1 Å². The van der Waals surface area contributed by atoms with Crippen LogP contribution in [0.3, 0.4) is 0 Å². The lowest BCUT2D eigenvalue weighted by atomic mass is 10.0.